The summed E-state index contributed by atoms with van der Waals surface area (Å²) in [6.07, 6.45) is -1.42. The van der Waals surface area contributed by atoms with E-state index in [-0.39, 0.29) is 69.7 Å². The number of carbonyl (C=O) groups excluding carboxylic acids is 11. The Balaban J connectivity index is 1.76. The Hall–Kier alpha value is -8.58. The van der Waals surface area contributed by atoms with Crippen LogP contribution in [-0.2, 0) is 70.4 Å². The molecule has 1 heterocycles. The fourth-order valence-electron chi connectivity index (χ4n) is 8.16. The average molecular weight is 1160 g/mol. The normalized spacial score (nSPS) is 15.7. The second kappa shape index (κ2) is 33.8. The number of phenolic OH excluding ortho intramolecular Hbond substituents is 1. The van der Waals surface area contributed by atoms with E-state index in [1.165, 1.54) is 36.0 Å². The minimum Gasteiger partial charge on any atom is -0.508 e. The number of amides is 11. The molecule has 81 heavy (non-hydrogen) atoms. The fraction of sp³-hybridized carbons (Fsp3) is 0.500. The predicted molar refractivity (Wildman–Crippen MR) is 292 cm³/mol. The van der Waals surface area contributed by atoms with Gasteiger partial charge in [0, 0.05) is 19.5 Å². The Morgan fingerprint density at radius 1 is 0.667 bits per heavy atom. The van der Waals surface area contributed by atoms with Gasteiger partial charge in [-0.15, -0.1) is 0 Å². The van der Waals surface area contributed by atoms with Gasteiger partial charge < -0.3 is 91.4 Å². The zero-order chi connectivity index (χ0) is 60.3. The third-order valence-corrected chi connectivity index (χ3v) is 12.9. The molecule has 11 amide bonds. The SMILES string of the molecule is CSCC[C@H](NC(=O)CNC(=O)[C@H](CC(N)=O)NC(=O)[C@@H](NC(=O)[C@H](CCCN=C(N)N)NC(=O)[C@@H]1CCCN1C(=O)[C@H](CC(N)=O)NC(=O)CNC(=O)[C@H](Cc1ccc(O)cc1)NC(=O)[C@@H](N)Cc1ccccc1)[C@@H](C)O)C(=O)O. The minimum atomic E-state index is -1.88. The van der Waals surface area contributed by atoms with E-state index in [0.29, 0.717) is 11.3 Å². The number of rotatable bonds is 34. The van der Waals surface area contributed by atoms with Gasteiger partial charge in [-0.1, -0.05) is 42.5 Å². The lowest BCUT2D eigenvalue weighted by Gasteiger charge is -2.30. The summed E-state index contributed by atoms with van der Waals surface area (Å²) in [6, 6.07) is 2.82. The number of carboxylic acid groups (broad SMARTS) is 1. The Bertz CT molecular complexity index is 2570. The van der Waals surface area contributed by atoms with Gasteiger partial charge in [0.1, 0.15) is 48.0 Å². The summed E-state index contributed by atoms with van der Waals surface area (Å²) in [7, 11) is 0. The number of benzene rings is 2. The molecule has 1 aliphatic rings. The number of hydrogen-bond acceptors (Lipinski definition) is 17. The molecule has 444 valence electrons. The van der Waals surface area contributed by atoms with Crippen LogP contribution in [0.1, 0.15) is 63.0 Å². The summed E-state index contributed by atoms with van der Waals surface area (Å²) in [4.78, 5) is 163. The number of carbonyl (C=O) groups is 12. The quantitative estimate of drug-likeness (QED) is 0.0176. The van der Waals surface area contributed by atoms with E-state index >= 15 is 0 Å². The number of aliphatic imine (C=N–C) groups is 1. The number of primary amides is 2. The number of aromatic hydroxyl groups is 1. The van der Waals surface area contributed by atoms with Crippen molar-refractivity contribution in [3.05, 3.63) is 65.7 Å². The van der Waals surface area contributed by atoms with Crippen molar-refractivity contribution in [1.82, 2.24) is 47.4 Å². The van der Waals surface area contributed by atoms with Gasteiger partial charge in [0.2, 0.25) is 65.0 Å². The topological polar surface area (TPSA) is 507 Å². The number of guanidine groups is 1. The first-order chi connectivity index (χ1) is 38.3. The first-order valence-electron chi connectivity index (χ1n) is 25.5. The summed E-state index contributed by atoms with van der Waals surface area (Å²) in [5.41, 5.74) is 29.2. The maximum absolute atomic E-state index is 14.2. The zero-order valence-corrected chi connectivity index (χ0v) is 45.5. The molecular formula is C50H73N15O15S. The van der Waals surface area contributed by atoms with Crippen molar-refractivity contribution in [2.45, 2.75) is 119 Å². The Labute approximate surface area is 470 Å². The third kappa shape index (κ3) is 23.7. The van der Waals surface area contributed by atoms with Gasteiger partial charge in [0.05, 0.1) is 38.1 Å². The van der Waals surface area contributed by atoms with E-state index in [1.807, 2.05) is 0 Å². The third-order valence-electron chi connectivity index (χ3n) is 12.3. The molecule has 0 unspecified atom stereocenters. The summed E-state index contributed by atoms with van der Waals surface area (Å²) >= 11 is 1.34. The van der Waals surface area contributed by atoms with Crippen molar-refractivity contribution in [2.24, 2.45) is 33.7 Å². The highest BCUT2D eigenvalue weighted by Gasteiger charge is 2.40. The second-order valence-corrected chi connectivity index (χ2v) is 19.8. The van der Waals surface area contributed by atoms with Crippen LogP contribution >= 0.6 is 11.8 Å². The molecule has 2 aromatic rings. The molecule has 1 aliphatic heterocycles. The second-order valence-electron chi connectivity index (χ2n) is 18.9. The van der Waals surface area contributed by atoms with Crippen LogP contribution in [0, 0.1) is 0 Å². The van der Waals surface area contributed by atoms with Crippen LogP contribution in [0.5, 0.6) is 5.75 Å². The molecule has 0 aliphatic carbocycles. The lowest BCUT2D eigenvalue weighted by atomic mass is 10.0. The van der Waals surface area contributed by atoms with Crippen molar-refractivity contribution >= 4 is 88.7 Å². The number of likely N-dealkylation sites (tertiary alicyclic amines) is 1. The smallest absolute Gasteiger partial charge is 0.326 e. The summed E-state index contributed by atoms with van der Waals surface area (Å²) in [6.45, 7) is -0.604. The van der Waals surface area contributed by atoms with Gasteiger partial charge in [-0.2, -0.15) is 11.8 Å². The highest BCUT2D eigenvalue weighted by Crippen LogP contribution is 2.20. The molecule has 0 radical (unpaired) electrons. The summed E-state index contributed by atoms with van der Waals surface area (Å²) in [5.74, 6) is -12.1. The van der Waals surface area contributed by atoms with Crippen LogP contribution in [0.25, 0.3) is 0 Å². The van der Waals surface area contributed by atoms with Gasteiger partial charge in [0.15, 0.2) is 5.96 Å². The maximum atomic E-state index is 14.2. The summed E-state index contributed by atoms with van der Waals surface area (Å²) in [5, 5.41) is 48.7. The van der Waals surface area contributed by atoms with Crippen LogP contribution in [0.4, 0.5) is 0 Å². The van der Waals surface area contributed by atoms with E-state index in [4.69, 9.17) is 28.7 Å². The molecule has 0 spiro atoms. The van der Waals surface area contributed by atoms with Crippen molar-refractivity contribution in [1.29, 1.82) is 0 Å². The Morgan fingerprint density at radius 3 is 1.80 bits per heavy atom. The first kappa shape index (κ1) is 66.7. The van der Waals surface area contributed by atoms with Gasteiger partial charge in [-0.05, 0) is 80.7 Å². The number of aliphatic hydroxyl groups excluding tert-OH is 1. The molecule has 0 bridgehead atoms. The molecule has 21 N–H and O–H groups in total. The van der Waals surface area contributed by atoms with Gasteiger partial charge >= 0.3 is 5.97 Å². The minimum absolute atomic E-state index is 0.0121. The van der Waals surface area contributed by atoms with Crippen molar-refractivity contribution in [3.63, 3.8) is 0 Å². The predicted octanol–water partition coefficient (Wildman–Crippen LogP) is -6.34. The molecule has 0 aromatic heterocycles. The number of nitrogens with two attached hydrogens (primary N) is 5. The lowest BCUT2D eigenvalue weighted by molar-refractivity contribution is -0.143. The first-order valence-corrected chi connectivity index (χ1v) is 26.9. The number of nitrogens with one attached hydrogen (secondary N) is 8. The fourth-order valence-corrected chi connectivity index (χ4v) is 8.63. The van der Waals surface area contributed by atoms with E-state index in [2.05, 4.69) is 47.5 Å². The molecule has 9 atom stereocenters. The number of hydrogen-bond donors (Lipinski definition) is 16. The van der Waals surface area contributed by atoms with Gasteiger partial charge in [-0.3, -0.25) is 57.7 Å². The highest BCUT2D eigenvalue weighted by atomic mass is 32.2. The van der Waals surface area contributed by atoms with Gasteiger partial charge in [0.25, 0.3) is 0 Å². The maximum Gasteiger partial charge on any atom is 0.326 e. The van der Waals surface area contributed by atoms with Crippen LogP contribution in [0.3, 0.4) is 0 Å². The number of nitrogens with zero attached hydrogens (tertiary/aromatic N) is 2. The van der Waals surface area contributed by atoms with Crippen LogP contribution in [0.2, 0.25) is 0 Å². The molecule has 31 heteroatoms. The van der Waals surface area contributed by atoms with Crippen molar-refractivity contribution in [2.75, 3.05) is 38.2 Å². The average Bonchev–Trinajstić information content (AvgIpc) is 3.91. The summed E-state index contributed by atoms with van der Waals surface area (Å²) < 4.78 is 0. The van der Waals surface area contributed by atoms with E-state index in [0.717, 1.165) is 17.4 Å². The van der Waals surface area contributed by atoms with Gasteiger partial charge in [-0.25, -0.2) is 4.79 Å². The zero-order valence-electron chi connectivity index (χ0n) is 44.7. The van der Waals surface area contributed by atoms with E-state index < -0.39 is 151 Å². The number of carboxylic acids is 1. The van der Waals surface area contributed by atoms with Crippen LogP contribution < -0.4 is 71.2 Å². The largest absolute Gasteiger partial charge is 0.508 e. The van der Waals surface area contributed by atoms with Crippen LogP contribution in [-0.4, -0.2) is 190 Å². The number of aliphatic hydroxyl groups is 1. The van der Waals surface area contributed by atoms with Crippen molar-refractivity contribution in [3.8, 4) is 5.75 Å². The molecule has 0 saturated carbocycles. The molecular weight excluding hydrogens is 1080 g/mol. The molecule has 1 fully saturated rings. The van der Waals surface area contributed by atoms with Crippen LogP contribution in [0.15, 0.2) is 59.6 Å². The Kier molecular flexibility index (Phi) is 27.8. The van der Waals surface area contributed by atoms with Crippen molar-refractivity contribution < 1.29 is 72.9 Å². The van der Waals surface area contributed by atoms with E-state index in [1.54, 1.807) is 36.6 Å². The molecule has 1 saturated heterocycles. The lowest BCUT2D eigenvalue weighted by Crippen LogP contribution is -2.61. The molecule has 2 aromatic carbocycles. The monoisotopic (exact) mass is 1160 g/mol. The standard InChI is InChI=1S/C50H73N15O15S/c1-26(66)41(47(77)63-34(22-37(52)68)44(74)58-24-39(70)59-32(49(79)80)16-19-81-2)64-45(75)31(10-6-17-56-50(54)55)61-46(76)36-11-7-18-65(36)48(78)35(23-38(53)69)60-40(71)25-57-43(73)33(21-28-12-14-29(67)15-13-28)62-42(72)30(51)20-27-8-4-3-5-9-27/h3-5,8-9,12-15,26,30-36,41,66-67H,6-7,10-11,16-25,51H2,1-2H3,(H2,52,68)(H2,53,69)(H,57,73)(H,58,74)(H,59,70)(H,60,71)(H,61,76)(H,62,72)(H,63,77)(H,64,75)(H,79,80)(H4,54,55,56)/t26-,30+,31+,32+,33+,34+,35+,36+,41+/m1/s1. The number of aliphatic carboxylic acids is 1. The molecule has 30 nitrogen and oxygen atoms in total. The Morgan fingerprint density at radius 2 is 1.23 bits per heavy atom. The molecule has 3 rings (SSSR count). The highest BCUT2D eigenvalue weighted by molar-refractivity contribution is 7.98. The number of thioether (sulfide) groups is 1. The van der Waals surface area contributed by atoms with E-state index in [9.17, 15) is 72.9 Å². The number of phenols is 1.